The van der Waals surface area contributed by atoms with Gasteiger partial charge in [-0.1, -0.05) is 24.3 Å². The number of nitro groups is 1. The van der Waals surface area contributed by atoms with E-state index >= 15 is 0 Å². The number of fused-ring (bicyclic) bond motifs is 1. The van der Waals surface area contributed by atoms with Crippen LogP contribution in [0.5, 0.6) is 5.75 Å². The molecule has 8 nitrogen and oxygen atoms in total. The molecule has 2 aromatic carbocycles. The minimum Gasteiger partial charge on any atom is -0.478 e. The van der Waals surface area contributed by atoms with Gasteiger partial charge in [0.05, 0.1) is 16.6 Å². The highest BCUT2D eigenvalue weighted by Gasteiger charge is 2.21. The number of benzene rings is 2. The number of carbonyl (C=O) groups is 1. The van der Waals surface area contributed by atoms with E-state index in [9.17, 15) is 19.7 Å². The Bertz CT molecular complexity index is 1270. The second kappa shape index (κ2) is 7.43. The van der Waals surface area contributed by atoms with Gasteiger partial charge in [-0.05, 0) is 24.3 Å². The van der Waals surface area contributed by atoms with E-state index in [0.29, 0.717) is 11.0 Å². The molecule has 0 bridgehead atoms. The van der Waals surface area contributed by atoms with Gasteiger partial charge in [0.25, 0.3) is 5.69 Å². The Kier molecular flexibility index (Phi) is 4.66. The summed E-state index contributed by atoms with van der Waals surface area (Å²) in [6.07, 6.45) is 1.42. The third-order valence-electron chi connectivity index (χ3n) is 4.23. The van der Waals surface area contributed by atoms with E-state index in [1.807, 2.05) is 0 Å². The number of hydrogen-bond donors (Lipinski definition) is 0. The summed E-state index contributed by atoms with van der Waals surface area (Å²) in [4.78, 5) is 35.7. The van der Waals surface area contributed by atoms with Gasteiger partial charge in [0.2, 0.25) is 16.9 Å². The second-order valence-electron chi connectivity index (χ2n) is 6.08. The normalized spacial score (nSPS) is 10.8. The van der Waals surface area contributed by atoms with Crippen LogP contribution in [0, 0.1) is 10.1 Å². The van der Waals surface area contributed by atoms with E-state index in [2.05, 4.69) is 0 Å². The molecule has 4 aromatic rings. The molecule has 0 radical (unpaired) electrons. The quantitative estimate of drug-likeness (QED) is 0.275. The van der Waals surface area contributed by atoms with Crippen LogP contribution in [0.4, 0.5) is 5.69 Å². The molecule has 2 heterocycles. The fraction of sp³-hybridized carbons (Fsp3) is 0.0476. The van der Waals surface area contributed by atoms with Crippen LogP contribution >= 0.6 is 0 Å². The third-order valence-corrected chi connectivity index (χ3v) is 4.23. The first-order valence-corrected chi connectivity index (χ1v) is 8.55. The molecular formula is C21H13NO7. The molecule has 8 heteroatoms. The molecule has 0 aliphatic rings. The number of para-hydroxylation sites is 1. The highest BCUT2D eigenvalue weighted by molar-refractivity contribution is 5.98. The zero-order valence-corrected chi connectivity index (χ0v) is 14.9. The molecular weight excluding hydrogens is 378 g/mol. The Balaban J connectivity index is 1.70. The largest absolute Gasteiger partial charge is 0.478 e. The Morgan fingerprint density at radius 2 is 1.90 bits per heavy atom. The van der Waals surface area contributed by atoms with Crippen molar-refractivity contribution in [2.45, 2.75) is 0 Å². The van der Waals surface area contributed by atoms with Crippen molar-refractivity contribution in [1.29, 1.82) is 0 Å². The Hall–Kier alpha value is -4.20. The van der Waals surface area contributed by atoms with E-state index < -0.39 is 22.7 Å². The van der Waals surface area contributed by atoms with Gasteiger partial charge in [-0.3, -0.25) is 19.7 Å². The molecule has 0 saturated carbocycles. The van der Waals surface area contributed by atoms with Gasteiger partial charge < -0.3 is 13.6 Å². The summed E-state index contributed by atoms with van der Waals surface area (Å²) in [6, 6.07) is 15.1. The molecule has 0 atom stereocenters. The number of nitrogens with zero attached hydrogens (tertiary/aromatic N) is 1. The van der Waals surface area contributed by atoms with Crippen LogP contribution in [0.3, 0.4) is 0 Å². The van der Waals surface area contributed by atoms with Crippen molar-refractivity contribution in [3.8, 4) is 17.3 Å². The number of Topliss-reactive ketones (excluding diaryl/α,β-unsaturated/α-hetero) is 1. The minimum atomic E-state index is -0.593. The smallest absolute Gasteiger partial charge is 0.270 e. The van der Waals surface area contributed by atoms with Crippen molar-refractivity contribution in [2.75, 3.05) is 6.61 Å². The summed E-state index contributed by atoms with van der Waals surface area (Å²) < 4.78 is 16.6. The number of rotatable bonds is 6. The molecule has 0 fully saturated rings. The van der Waals surface area contributed by atoms with Crippen LogP contribution in [-0.4, -0.2) is 17.3 Å². The summed E-state index contributed by atoms with van der Waals surface area (Å²) >= 11 is 0. The molecule has 0 amide bonds. The van der Waals surface area contributed by atoms with Crippen LogP contribution in [0.25, 0.3) is 22.5 Å². The fourth-order valence-corrected chi connectivity index (χ4v) is 2.84. The summed E-state index contributed by atoms with van der Waals surface area (Å²) in [5.41, 5.74) is -0.215. The topological polar surface area (TPSA) is 113 Å². The number of furan rings is 1. The van der Waals surface area contributed by atoms with Gasteiger partial charge >= 0.3 is 0 Å². The van der Waals surface area contributed by atoms with Crippen LogP contribution < -0.4 is 10.2 Å². The molecule has 29 heavy (non-hydrogen) atoms. The third kappa shape index (κ3) is 3.51. The molecule has 4 rings (SSSR count). The van der Waals surface area contributed by atoms with Gasteiger partial charge in [-0.25, -0.2) is 0 Å². The Labute approximate surface area is 163 Å². The van der Waals surface area contributed by atoms with E-state index in [-0.39, 0.29) is 28.5 Å². The Morgan fingerprint density at radius 3 is 2.66 bits per heavy atom. The first-order valence-electron chi connectivity index (χ1n) is 8.55. The number of hydrogen-bond acceptors (Lipinski definition) is 7. The van der Waals surface area contributed by atoms with Crippen LogP contribution in [0.2, 0.25) is 0 Å². The maximum atomic E-state index is 12.9. The van der Waals surface area contributed by atoms with Crippen molar-refractivity contribution in [3.63, 3.8) is 0 Å². The van der Waals surface area contributed by atoms with E-state index in [4.69, 9.17) is 13.6 Å². The first-order chi connectivity index (χ1) is 14.0. The lowest BCUT2D eigenvalue weighted by Crippen LogP contribution is -2.17. The Morgan fingerprint density at radius 1 is 1.07 bits per heavy atom. The molecule has 0 aliphatic carbocycles. The lowest BCUT2D eigenvalue weighted by molar-refractivity contribution is -0.384. The van der Waals surface area contributed by atoms with Crippen LogP contribution in [-0.2, 0) is 0 Å². The average molecular weight is 391 g/mol. The lowest BCUT2D eigenvalue weighted by atomic mass is 10.1. The minimum absolute atomic E-state index is 0.0607. The van der Waals surface area contributed by atoms with Gasteiger partial charge in [0.15, 0.2) is 18.2 Å². The fourth-order valence-electron chi connectivity index (χ4n) is 2.84. The highest BCUT2D eigenvalue weighted by atomic mass is 16.6. The first kappa shape index (κ1) is 18.2. The van der Waals surface area contributed by atoms with Crippen LogP contribution in [0.1, 0.15) is 10.4 Å². The van der Waals surface area contributed by atoms with Gasteiger partial charge in [0, 0.05) is 17.7 Å². The summed E-state index contributed by atoms with van der Waals surface area (Å²) in [7, 11) is 0. The van der Waals surface area contributed by atoms with Crippen molar-refractivity contribution >= 4 is 22.4 Å². The van der Waals surface area contributed by atoms with E-state index in [0.717, 1.165) is 6.07 Å². The second-order valence-corrected chi connectivity index (χ2v) is 6.08. The van der Waals surface area contributed by atoms with E-state index in [1.54, 1.807) is 36.4 Å². The van der Waals surface area contributed by atoms with Gasteiger partial charge in [-0.15, -0.1) is 0 Å². The molecule has 144 valence electrons. The molecule has 0 aliphatic heterocycles. The number of non-ortho nitro benzene ring substituents is 1. The lowest BCUT2D eigenvalue weighted by Gasteiger charge is -2.10. The molecule has 0 N–H and O–H groups in total. The molecule has 0 unspecified atom stereocenters. The SMILES string of the molecule is O=C(COc1c(-c2ccco2)oc2ccccc2c1=O)c1cccc([N+](=O)[O-])c1. The average Bonchev–Trinajstić information content (AvgIpc) is 3.27. The maximum absolute atomic E-state index is 12.9. The van der Waals surface area contributed by atoms with E-state index in [1.165, 1.54) is 24.5 Å². The summed E-state index contributed by atoms with van der Waals surface area (Å²) in [5.74, 6) is -0.361. The number of nitro benzene ring substituents is 1. The maximum Gasteiger partial charge on any atom is 0.270 e. The monoisotopic (exact) mass is 391 g/mol. The summed E-state index contributed by atoms with van der Waals surface area (Å²) in [5, 5.41) is 11.2. The predicted molar refractivity (Wildman–Crippen MR) is 103 cm³/mol. The van der Waals surface area contributed by atoms with Crippen molar-refractivity contribution in [1.82, 2.24) is 0 Å². The van der Waals surface area contributed by atoms with Crippen LogP contribution in [0.15, 0.2) is 80.6 Å². The number of ketones is 1. The zero-order valence-electron chi connectivity index (χ0n) is 14.9. The molecule has 0 saturated heterocycles. The van der Waals surface area contributed by atoms with Gasteiger partial charge in [-0.2, -0.15) is 0 Å². The zero-order chi connectivity index (χ0) is 20.4. The van der Waals surface area contributed by atoms with Crippen molar-refractivity contribution in [3.05, 3.63) is 92.8 Å². The van der Waals surface area contributed by atoms with Gasteiger partial charge in [0.1, 0.15) is 5.58 Å². The predicted octanol–water partition coefficient (Wildman–Crippen LogP) is 4.22. The summed E-state index contributed by atoms with van der Waals surface area (Å²) in [6.45, 7) is -0.502. The standard InChI is InChI=1S/C21H13NO7/c23-16(13-5-3-6-14(11-13)22(25)26)12-28-21-19(24)15-7-1-2-8-17(15)29-20(21)18-9-4-10-27-18/h1-11H,12H2. The molecule has 2 aromatic heterocycles. The van der Waals surface area contributed by atoms with Crippen molar-refractivity contribution < 1.29 is 23.3 Å². The number of carbonyl (C=O) groups excluding carboxylic acids is 1. The van der Waals surface area contributed by atoms with Crippen molar-refractivity contribution in [2.24, 2.45) is 0 Å². The molecule has 0 spiro atoms. The highest BCUT2D eigenvalue weighted by Crippen LogP contribution is 2.31. The number of ether oxygens (including phenoxy) is 1.